The molecule has 104 valence electrons. The fourth-order valence-electron chi connectivity index (χ4n) is 2.06. The van der Waals surface area contributed by atoms with Crippen molar-refractivity contribution in [3.8, 4) is 0 Å². The van der Waals surface area contributed by atoms with Gasteiger partial charge in [0.05, 0.1) is 0 Å². The van der Waals surface area contributed by atoms with Gasteiger partial charge >= 0.3 is 0 Å². The summed E-state index contributed by atoms with van der Waals surface area (Å²) in [6, 6.07) is 4.66. The number of hydrogen-bond acceptors (Lipinski definition) is 4. The predicted molar refractivity (Wildman–Crippen MR) is 83.6 cm³/mol. The minimum Gasteiger partial charge on any atom is -0.341 e. The van der Waals surface area contributed by atoms with Gasteiger partial charge in [-0.15, -0.1) is 16.4 Å². The van der Waals surface area contributed by atoms with E-state index in [0.717, 1.165) is 25.3 Å². The Labute approximate surface area is 123 Å². The van der Waals surface area contributed by atoms with Crippen LogP contribution in [-0.4, -0.2) is 27.9 Å². The maximum Gasteiger partial charge on any atom is 0.225 e. The summed E-state index contributed by atoms with van der Waals surface area (Å²) in [7, 11) is 2.08. The van der Waals surface area contributed by atoms with Gasteiger partial charge in [0.25, 0.3) is 0 Å². The van der Waals surface area contributed by atoms with Gasteiger partial charge in [0.15, 0.2) is 4.77 Å². The molecule has 0 fully saturated rings. The number of nitrogens with one attached hydrogen (secondary N) is 1. The van der Waals surface area contributed by atoms with Crippen LogP contribution in [0.25, 0.3) is 0 Å². The average molecular weight is 296 g/mol. The fraction of sp³-hybridized carbons (Fsp3) is 0.538. The van der Waals surface area contributed by atoms with Crippen LogP contribution in [0.4, 0.5) is 5.95 Å². The molecule has 1 atom stereocenters. The summed E-state index contributed by atoms with van der Waals surface area (Å²) in [4.78, 5) is 3.59. The molecular formula is C13H20N4S2. The van der Waals surface area contributed by atoms with Crippen molar-refractivity contribution in [2.45, 2.75) is 39.3 Å². The lowest BCUT2D eigenvalue weighted by atomic mass is 10.2. The predicted octanol–water partition coefficient (Wildman–Crippen LogP) is 3.48. The van der Waals surface area contributed by atoms with Crippen LogP contribution in [0.2, 0.25) is 0 Å². The van der Waals surface area contributed by atoms with Gasteiger partial charge in [0, 0.05) is 30.9 Å². The highest BCUT2D eigenvalue weighted by atomic mass is 32.1. The summed E-state index contributed by atoms with van der Waals surface area (Å²) in [5.74, 6) is 0.927. The zero-order valence-corrected chi connectivity index (χ0v) is 13.2. The van der Waals surface area contributed by atoms with E-state index in [9.17, 15) is 0 Å². The Balaban J connectivity index is 2.14. The number of thiophene rings is 1. The average Bonchev–Trinajstić information content (AvgIpc) is 3.00. The number of aromatic amines is 1. The molecule has 0 aliphatic rings. The smallest absolute Gasteiger partial charge is 0.225 e. The number of H-pyrrole nitrogens is 1. The molecule has 4 nitrogen and oxygen atoms in total. The number of anilines is 1. The second kappa shape index (κ2) is 6.34. The summed E-state index contributed by atoms with van der Waals surface area (Å²) in [6.07, 6.45) is 2.08. The largest absolute Gasteiger partial charge is 0.341 e. The molecule has 0 saturated carbocycles. The van der Waals surface area contributed by atoms with Crippen molar-refractivity contribution in [3.63, 3.8) is 0 Å². The van der Waals surface area contributed by atoms with E-state index in [2.05, 4.69) is 58.1 Å². The molecule has 2 aromatic heterocycles. The van der Waals surface area contributed by atoms with Crippen LogP contribution in [-0.2, 0) is 13.0 Å². The lowest BCUT2D eigenvalue weighted by Crippen LogP contribution is -2.32. The van der Waals surface area contributed by atoms with Crippen LogP contribution in [0, 0.1) is 4.77 Å². The molecule has 1 unspecified atom stereocenters. The highest BCUT2D eigenvalue weighted by Gasteiger charge is 2.16. The van der Waals surface area contributed by atoms with Gasteiger partial charge in [-0.1, -0.05) is 13.0 Å². The second-order valence-electron chi connectivity index (χ2n) is 4.72. The van der Waals surface area contributed by atoms with Crippen LogP contribution in [0.15, 0.2) is 17.5 Å². The molecule has 0 amide bonds. The highest BCUT2D eigenvalue weighted by Crippen LogP contribution is 2.18. The third kappa shape index (κ3) is 3.25. The highest BCUT2D eigenvalue weighted by molar-refractivity contribution is 7.71. The molecule has 6 heteroatoms. The Morgan fingerprint density at radius 1 is 1.58 bits per heavy atom. The van der Waals surface area contributed by atoms with Crippen LogP contribution in [0.3, 0.4) is 0 Å². The van der Waals surface area contributed by atoms with E-state index in [-0.39, 0.29) is 0 Å². The fourth-order valence-corrected chi connectivity index (χ4v) is 3.10. The number of hydrogen-bond donors (Lipinski definition) is 1. The first-order valence-electron chi connectivity index (χ1n) is 6.54. The number of rotatable bonds is 6. The molecule has 0 bridgehead atoms. The first-order chi connectivity index (χ1) is 9.13. The topological polar surface area (TPSA) is 36.9 Å². The number of likely N-dealkylation sites (N-methyl/N-ethyl adjacent to an activating group) is 1. The Bertz CT molecular complexity index is 555. The van der Waals surface area contributed by atoms with Gasteiger partial charge in [-0.25, -0.2) is 5.10 Å². The van der Waals surface area contributed by atoms with E-state index in [0.29, 0.717) is 10.8 Å². The number of nitrogens with zero attached hydrogens (tertiary/aromatic N) is 3. The van der Waals surface area contributed by atoms with E-state index >= 15 is 0 Å². The minimum atomic E-state index is 0.388. The molecule has 19 heavy (non-hydrogen) atoms. The zero-order chi connectivity index (χ0) is 13.8. The number of aromatic nitrogens is 3. The lowest BCUT2D eigenvalue weighted by molar-refractivity contribution is 0.614. The first kappa shape index (κ1) is 14.3. The first-order valence-corrected chi connectivity index (χ1v) is 7.82. The van der Waals surface area contributed by atoms with Gasteiger partial charge < -0.3 is 4.90 Å². The molecule has 0 aliphatic heterocycles. The molecule has 1 N–H and O–H groups in total. The lowest BCUT2D eigenvalue weighted by Gasteiger charge is -2.25. The quantitative estimate of drug-likeness (QED) is 0.829. The van der Waals surface area contributed by atoms with E-state index < -0.39 is 0 Å². The third-order valence-corrected chi connectivity index (χ3v) is 4.45. The molecule has 2 aromatic rings. The van der Waals surface area contributed by atoms with Crippen molar-refractivity contribution in [2.75, 3.05) is 11.9 Å². The normalized spacial score (nSPS) is 12.6. The molecule has 0 aliphatic carbocycles. The molecule has 2 heterocycles. The summed E-state index contributed by atoms with van der Waals surface area (Å²) in [6.45, 7) is 5.27. The maximum absolute atomic E-state index is 5.28. The molecule has 0 saturated heterocycles. The summed E-state index contributed by atoms with van der Waals surface area (Å²) < 4.78 is 2.77. The van der Waals surface area contributed by atoms with E-state index in [1.54, 1.807) is 11.3 Å². The SMILES string of the molecule is CCCn1c(N(C)C(C)Cc2cccs2)n[nH]c1=S. The van der Waals surface area contributed by atoms with Gasteiger partial charge in [0.2, 0.25) is 5.95 Å². The summed E-state index contributed by atoms with van der Waals surface area (Å²) >= 11 is 7.08. The maximum atomic E-state index is 5.28. The van der Waals surface area contributed by atoms with E-state index in [1.807, 2.05) is 0 Å². The molecule has 0 radical (unpaired) electrons. The molecule has 0 aromatic carbocycles. The Kier molecular flexibility index (Phi) is 4.76. The Hall–Kier alpha value is -1.14. The van der Waals surface area contributed by atoms with Crippen molar-refractivity contribution < 1.29 is 0 Å². The van der Waals surface area contributed by atoms with E-state index in [1.165, 1.54) is 4.88 Å². The molecule has 2 rings (SSSR count). The van der Waals surface area contributed by atoms with Crippen LogP contribution in [0.5, 0.6) is 0 Å². The summed E-state index contributed by atoms with van der Waals surface area (Å²) in [5, 5.41) is 9.37. The molecule has 0 spiro atoms. The monoisotopic (exact) mass is 296 g/mol. The Morgan fingerprint density at radius 2 is 2.37 bits per heavy atom. The van der Waals surface area contributed by atoms with E-state index in [4.69, 9.17) is 12.2 Å². The zero-order valence-electron chi connectivity index (χ0n) is 11.6. The van der Waals surface area contributed by atoms with Gasteiger partial charge in [-0.3, -0.25) is 4.57 Å². The van der Waals surface area contributed by atoms with Gasteiger partial charge in [0.1, 0.15) is 0 Å². The van der Waals surface area contributed by atoms with Gasteiger partial charge in [-0.05, 0) is 37.0 Å². The van der Waals surface area contributed by atoms with Gasteiger partial charge in [-0.2, -0.15) is 0 Å². The minimum absolute atomic E-state index is 0.388. The third-order valence-electron chi connectivity index (χ3n) is 3.24. The van der Waals surface area contributed by atoms with Crippen molar-refractivity contribution in [1.82, 2.24) is 14.8 Å². The van der Waals surface area contributed by atoms with Crippen molar-refractivity contribution in [1.29, 1.82) is 0 Å². The van der Waals surface area contributed by atoms with Crippen LogP contribution < -0.4 is 4.90 Å². The van der Waals surface area contributed by atoms with Crippen LogP contribution in [0.1, 0.15) is 25.1 Å². The Morgan fingerprint density at radius 3 is 3.00 bits per heavy atom. The second-order valence-corrected chi connectivity index (χ2v) is 6.14. The molecular weight excluding hydrogens is 276 g/mol. The van der Waals surface area contributed by atoms with Crippen molar-refractivity contribution in [2.24, 2.45) is 0 Å². The van der Waals surface area contributed by atoms with Crippen molar-refractivity contribution >= 4 is 29.5 Å². The standard InChI is InChI=1S/C13H20N4S2/c1-4-7-17-12(14-15-13(17)18)16(3)10(2)9-11-6-5-8-19-11/h5-6,8,10H,4,7,9H2,1-3H3,(H,15,18). The summed E-state index contributed by atoms with van der Waals surface area (Å²) in [5.41, 5.74) is 0. The van der Waals surface area contributed by atoms with Crippen LogP contribution >= 0.6 is 23.6 Å². The van der Waals surface area contributed by atoms with Crippen molar-refractivity contribution in [3.05, 3.63) is 27.2 Å².